The molecule has 2 amide bonds. The average Bonchev–Trinajstić information content (AvgIpc) is 3.29. The van der Waals surface area contributed by atoms with Crippen LogP contribution in [0, 0.1) is 6.92 Å². The van der Waals surface area contributed by atoms with E-state index in [0.717, 1.165) is 16.1 Å². The number of anilines is 1. The first-order chi connectivity index (χ1) is 12.6. The Balaban J connectivity index is 1.48. The Bertz CT molecular complexity index is 963. The van der Waals surface area contributed by atoms with E-state index in [-0.39, 0.29) is 11.8 Å². The normalized spacial score (nSPS) is 13.3. The van der Waals surface area contributed by atoms with Crippen LogP contribution in [0.5, 0.6) is 0 Å². The monoisotopic (exact) mass is 383 g/mol. The fourth-order valence-electron chi connectivity index (χ4n) is 2.95. The lowest BCUT2D eigenvalue weighted by Gasteiger charge is -2.26. The Labute approximate surface area is 159 Å². The Kier molecular flexibility index (Phi) is 4.57. The molecule has 1 N–H and O–H groups in total. The Morgan fingerprint density at radius 3 is 2.88 bits per heavy atom. The number of carbonyl (C=O) groups is 2. The summed E-state index contributed by atoms with van der Waals surface area (Å²) in [5, 5.41) is 5.33. The molecule has 3 aromatic rings. The summed E-state index contributed by atoms with van der Waals surface area (Å²) in [4.78, 5) is 33.0. The molecule has 132 valence electrons. The largest absolute Gasteiger partial charge is 0.333 e. The van der Waals surface area contributed by atoms with E-state index in [4.69, 9.17) is 0 Å². The van der Waals surface area contributed by atoms with Gasteiger partial charge in [-0.3, -0.25) is 14.9 Å². The maximum Gasteiger partial charge on any atom is 0.267 e. The molecule has 0 unspecified atom stereocenters. The van der Waals surface area contributed by atoms with Gasteiger partial charge in [-0.15, -0.1) is 11.3 Å². The first-order valence-corrected chi connectivity index (χ1v) is 9.99. The van der Waals surface area contributed by atoms with Crippen LogP contribution < -0.4 is 5.32 Å². The van der Waals surface area contributed by atoms with Crippen LogP contribution in [0.1, 0.15) is 36.2 Å². The summed E-state index contributed by atoms with van der Waals surface area (Å²) in [6.07, 6.45) is 0.707. The highest BCUT2D eigenvalue weighted by atomic mass is 32.1. The van der Waals surface area contributed by atoms with Crippen LogP contribution >= 0.6 is 22.7 Å². The fourth-order valence-corrected chi connectivity index (χ4v) is 4.59. The molecule has 0 radical (unpaired) electrons. The van der Waals surface area contributed by atoms with Crippen molar-refractivity contribution in [1.29, 1.82) is 0 Å². The Hall–Kier alpha value is -2.51. The van der Waals surface area contributed by atoms with Crippen molar-refractivity contribution in [3.8, 4) is 0 Å². The van der Waals surface area contributed by atoms with E-state index in [1.54, 1.807) is 6.07 Å². The minimum absolute atomic E-state index is 0.0388. The predicted molar refractivity (Wildman–Crippen MR) is 104 cm³/mol. The average molecular weight is 383 g/mol. The second kappa shape index (κ2) is 7.01. The van der Waals surface area contributed by atoms with Gasteiger partial charge >= 0.3 is 0 Å². The summed E-state index contributed by atoms with van der Waals surface area (Å²) in [5.74, 6) is -0.101. The molecule has 26 heavy (non-hydrogen) atoms. The number of aryl methyl sites for hydroxylation is 1. The molecule has 7 heteroatoms. The number of hydrogen-bond acceptors (Lipinski definition) is 5. The molecule has 0 saturated carbocycles. The maximum atomic E-state index is 12.7. The molecular weight excluding hydrogens is 366 g/mol. The zero-order valence-corrected chi connectivity index (χ0v) is 15.8. The molecule has 2 aromatic heterocycles. The quantitative estimate of drug-likeness (QED) is 0.745. The van der Waals surface area contributed by atoms with E-state index in [0.29, 0.717) is 35.1 Å². The number of thiophene rings is 1. The van der Waals surface area contributed by atoms with Crippen LogP contribution in [0.3, 0.4) is 0 Å². The van der Waals surface area contributed by atoms with Crippen LogP contribution in [0.15, 0.2) is 41.8 Å². The zero-order chi connectivity index (χ0) is 18.1. The van der Waals surface area contributed by atoms with Gasteiger partial charge in [0.05, 0.1) is 17.1 Å². The summed E-state index contributed by atoms with van der Waals surface area (Å²) < 4.78 is 0. The van der Waals surface area contributed by atoms with Gasteiger partial charge in [0.25, 0.3) is 11.8 Å². The molecule has 1 aliphatic rings. The van der Waals surface area contributed by atoms with E-state index >= 15 is 0 Å². The molecule has 0 aliphatic carbocycles. The second-order valence-corrected chi connectivity index (χ2v) is 8.20. The van der Waals surface area contributed by atoms with Crippen molar-refractivity contribution in [3.63, 3.8) is 0 Å². The standard InChI is InChI=1S/C19H17N3O2S2/c1-12-4-2-5-13(10-12)18(24)22-8-7-14-16(11-22)26-19(20-14)21-17(23)15-6-3-9-25-15/h2-6,9-10H,7-8,11H2,1H3,(H,20,21,23). The third-order valence-electron chi connectivity index (χ3n) is 4.25. The summed E-state index contributed by atoms with van der Waals surface area (Å²) in [6, 6.07) is 11.3. The summed E-state index contributed by atoms with van der Waals surface area (Å²) in [6.45, 7) is 3.16. The highest BCUT2D eigenvalue weighted by molar-refractivity contribution is 7.16. The lowest BCUT2D eigenvalue weighted by molar-refractivity contribution is 0.0736. The highest BCUT2D eigenvalue weighted by Gasteiger charge is 2.25. The number of benzene rings is 1. The van der Waals surface area contributed by atoms with Gasteiger partial charge in [0.15, 0.2) is 5.13 Å². The molecule has 1 aliphatic heterocycles. The van der Waals surface area contributed by atoms with Crippen molar-refractivity contribution in [2.75, 3.05) is 11.9 Å². The highest BCUT2D eigenvalue weighted by Crippen LogP contribution is 2.29. The molecule has 4 rings (SSSR count). The third-order valence-corrected chi connectivity index (χ3v) is 6.12. The number of rotatable bonds is 3. The topological polar surface area (TPSA) is 62.3 Å². The molecule has 0 bridgehead atoms. The molecule has 0 atom stereocenters. The van der Waals surface area contributed by atoms with E-state index in [1.807, 2.05) is 47.5 Å². The van der Waals surface area contributed by atoms with Gasteiger partial charge in [0.1, 0.15) is 0 Å². The number of thiazole rings is 1. The molecule has 5 nitrogen and oxygen atoms in total. The molecular formula is C19H17N3O2S2. The van der Waals surface area contributed by atoms with Crippen LogP contribution in [-0.4, -0.2) is 28.2 Å². The van der Waals surface area contributed by atoms with Crippen molar-refractivity contribution < 1.29 is 9.59 Å². The molecule has 3 heterocycles. The van der Waals surface area contributed by atoms with Gasteiger partial charge in [-0.25, -0.2) is 4.98 Å². The van der Waals surface area contributed by atoms with E-state index in [2.05, 4.69) is 10.3 Å². The van der Waals surface area contributed by atoms with Crippen LogP contribution in [-0.2, 0) is 13.0 Å². The number of hydrogen-bond donors (Lipinski definition) is 1. The number of fused-ring (bicyclic) bond motifs is 1. The number of nitrogens with zero attached hydrogens (tertiary/aromatic N) is 2. The van der Waals surface area contributed by atoms with Gasteiger partial charge in [-0.05, 0) is 30.5 Å². The van der Waals surface area contributed by atoms with Gasteiger partial charge in [0.2, 0.25) is 0 Å². The van der Waals surface area contributed by atoms with Crippen molar-refractivity contribution in [3.05, 3.63) is 68.4 Å². The van der Waals surface area contributed by atoms with Crippen LogP contribution in [0.4, 0.5) is 5.13 Å². The first-order valence-electron chi connectivity index (χ1n) is 8.29. The SMILES string of the molecule is Cc1cccc(C(=O)N2CCc3nc(NC(=O)c4cccs4)sc3C2)c1. The summed E-state index contributed by atoms with van der Waals surface area (Å²) in [7, 11) is 0. The fraction of sp³-hybridized carbons (Fsp3) is 0.211. The number of carbonyl (C=O) groups excluding carboxylic acids is 2. The maximum absolute atomic E-state index is 12.7. The minimum Gasteiger partial charge on any atom is -0.333 e. The number of nitrogens with one attached hydrogen (secondary N) is 1. The molecule has 0 spiro atoms. The minimum atomic E-state index is -0.140. The van der Waals surface area contributed by atoms with Crippen molar-refractivity contribution in [1.82, 2.24) is 9.88 Å². The lowest BCUT2D eigenvalue weighted by atomic mass is 10.1. The molecule has 0 fully saturated rings. The lowest BCUT2D eigenvalue weighted by Crippen LogP contribution is -2.35. The molecule has 1 aromatic carbocycles. The van der Waals surface area contributed by atoms with Crippen molar-refractivity contribution in [2.45, 2.75) is 19.9 Å². The van der Waals surface area contributed by atoms with E-state index in [9.17, 15) is 9.59 Å². The number of aromatic nitrogens is 1. The zero-order valence-electron chi connectivity index (χ0n) is 14.2. The van der Waals surface area contributed by atoms with E-state index < -0.39 is 0 Å². The smallest absolute Gasteiger partial charge is 0.267 e. The van der Waals surface area contributed by atoms with Crippen LogP contribution in [0.25, 0.3) is 0 Å². The van der Waals surface area contributed by atoms with Crippen molar-refractivity contribution in [2.24, 2.45) is 0 Å². The van der Waals surface area contributed by atoms with Crippen LogP contribution in [0.2, 0.25) is 0 Å². The van der Waals surface area contributed by atoms with Crippen molar-refractivity contribution >= 4 is 39.6 Å². The predicted octanol–water partition coefficient (Wildman–Crippen LogP) is 3.96. The molecule has 0 saturated heterocycles. The van der Waals surface area contributed by atoms with E-state index in [1.165, 1.54) is 22.7 Å². The van der Waals surface area contributed by atoms with Gasteiger partial charge in [0, 0.05) is 23.4 Å². The number of amides is 2. The summed E-state index contributed by atoms with van der Waals surface area (Å²) in [5.41, 5.74) is 2.76. The third kappa shape index (κ3) is 3.40. The van der Waals surface area contributed by atoms with Gasteiger partial charge in [-0.1, -0.05) is 35.1 Å². The van der Waals surface area contributed by atoms with Gasteiger partial charge < -0.3 is 4.90 Å². The summed E-state index contributed by atoms with van der Waals surface area (Å²) >= 11 is 2.85. The second-order valence-electron chi connectivity index (χ2n) is 6.17. The first kappa shape index (κ1) is 16.9. The Morgan fingerprint density at radius 2 is 2.12 bits per heavy atom. The Morgan fingerprint density at radius 1 is 1.23 bits per heavy atom. The van der Waals surface area contributed by atoms with Gasteiger partial charge in [-0.2, -0.15) is 0 Å².